The average molecular weight is 295 g/mol. The van der Waals surface area contributed by atoms with Crippen LogP contribution in [0.4, 0.5) is 11.4 Å². The fraction of sp³-hybridized carbons (Fsp3) is 0.429. The van der Waals surface area contributed by atoms with Gasteiger partial charge in [0.25, 0.3) is 0 Å². The molecule has 1 N–H and O–H groups in total. The summed E-state index contributed by atoms with van der Waals surface area (Å²) in [6.07, 6.45) is 3.83. The van der Waals surface area contributed by atoms with Crippen molar-refractivity contribution in [3.05, 3.63) is 60.2 Å². The van der Waals surface area contributed by atoms with Crippen LogP contribution >= 0.6 is 0 Å². The first-order chi connectivity index (χ1) is 10.5. The van der Waals surface area contributed by atoms with Gasteiger partial charge in [-0.15, -0.1) is 0 Å². The molecule has 2 rings (SSSR count). The van der Waals surface area contributed by atoms with E-state index in [0.29, 0.717) is 0 Å². The van der Waals surface area contributed by atoms with Crippen LogP contribution in [-0.4, -0.2) is 0 Å². The van der Waals surface area contributed by atoms with E-state index in [-0.39, 0.29) is 5.41 Å². The smallest absolute Gasteiger partial charge is 0.0384 e. The summed E-state index contributed by atoms with van der Waals surface area (Å²) in [4.78, 5) is 0. The van der Waals surface area contributed by atoms with Gasteiger partial charge in [0.15, 0.2) is 0 Å². The number of hydrogen-bond acceptors (Lipinski definition) is 1. The van der Waals surface area contributed by atoms with Crippen LogP contribution in [0.25, 0.3) is 0 Å². The van der Waals surface area contributed by atoms with Crippen LogP contribution in [0.15, 0.2) is 54.6 Å². The molecule has 2 aromatic rings. The Morgan fingerprint density at radius 3 is 2.09 bits per heavy atom. The fourth-order valence-electron chi connectivity index (χ4n) is 3.28. The van der Waals surface area contributed by atoms with Crippen LogP contribution in [0.1, 0.15) is 52.5 Å². The van der Waals surface area contributed by atoms with E-state index in [4.69, 9.17) is 0 Å². The van der Waals surface area contributed by atoms with Crippen molar-refractivity contribution in [2.75, 3.05) is 5.32 Å². The van der Waals surface area contributed by atoms with Crippen molar-refractivity contribution in [2.45, 2.75) is 52.4 Å². The van der Waals surface area contributed by atoms with Gasteiger partial charge in [0.05, 0.1) is 0 Å². The molecule has 0 amide bonds. The van der Waals surface area contributed by atoms with Gasteiger partial charge in [-0.05, 0) is 47.6 Å². The van der Waals surface area contributed by atoms with Gasteiger partial charge in [-0.2, -0.15) is 0 Å². The zero-order valence-electron chi connectivity index (χ0n) is 14.4. The molecule has 0 radical (unpaired) electrons. The van der Waals surface area contributed by atoms with Crippen molar-refractivity contribution in [3.63, 3.8) is 0 Å². The maximum atomic E-state index is 3.44. The molecule has 0 aromatic heterocycles. The number of rotatable bonds is 7. The van der Waals surface area contributed by atoms with E-state index < -0.39 is 0 Å². The molecule has 0 saturated carbocycles. The molecular weight excluding hydrogens is 266 g/mol. The minimum absolute atomic E-state index is 0.236. The minimum atomic E-state index is 0.236. The van der Waals surface area contributed by atoms with E-state index in [0.717, 1.165) is 17.3 Å². The van der Waals surface area contributed by atoms with Gasteiger partial charge in [-0.25, -0.2) is 0 Å². The predicted octanol–water partition coefficient (Wildman–Crippen LogP) is 6.53. The molecule has 1 atom stereocenters. The van der Waals surface area contributed by atoms with E-state index in [1.165, 1.54) is 24.8 Å². The molecule has 0 spiro atoms. The van der Waals surface area contributed by atoms with Crippen molar-refractivity contribution in [2.24, 2.45) is 5.92 Å². The van der Waals surface area contributed by atoms with E-state index in [1.807, 2.05) is 6.07 Å². The van der Waals surface area contributed by atoms with E-state index >= 15 is 0 Å². The highest BCUT2D eigenvalue weighted by molar-refractivity contribution is 5.59. The molecule has 1 heteroatoms. The second kappa shape index (κ2) is 7.49. The monoisotopic (exact) mass is 295 g/mol. The molecule has 0 aliphatic carbocycles. The van der Waals surface area contributed by atoms with Gasteiger partial charge in [0.1, 0.15) is 0 Å². The summed E-state index contributed by atoms with van der Waals surface area (Å²) in [6.45, 7) is 9.36. The van der Waals surface area contributed by atoms with Crippen molar-refractivity contribution >= 4 is 11.4 Å². The fourth-order valence-corrected chi connectivity index (χ4v) is 3.28. The van der Waals surface area contributed by atoms with Gasteiger partial charge in [0, 0.05) is 11.4 Å². The maximum absolute atomic E-state index is 3.44. The van der Waals surface area contributed by atoms with Crippen LogP contribution in [0, 0.1) is 5.92 Å². The largest absolute Gasteiger partial charge is 0.356 e. The first-order valence-electron chi connectivity index (χ1n) is 8.44. The van der Waals surface area contributed by atoms with Crippen LogP contribution in [0.3, 0.4) is 0 Å². The molecule has 0 aliphatic heterocycles. The van der Waals surface area contributed by atoms with E-state index in [1.54, 1.807) is 0 Å². The zero-order chi connectivity index (χ0) is 16.0. The number of benzene rings is 2. The molecule has 0 saturated heterocycles. The lowest BCUT2D eigenvalue weighted by Crippen LogP contribution is -2.20. The highest BCUT2D eigenvalue weighted by Crippen LogP contribution is 2.33. The Morgan fingerprint density at radius 2 is 1.50 bits per heavy atom. The highest BCUT2D eigenvalue weighted by atomic mass is 14.9. The van der Waals surface area contributed by atoms with Gasteiger partial charge < -0.3 is 5.32 Å². The number of para-hydroxylation sites is 1. The van der Waals surface area contributed by atoms with Crippen molar-refractivity contribution in [1.29, 1.82) is 0 Å². The molecule has 118 valence electrons. The molecular formula is C21H29N. The molecule has 0 aliphatic rings. The summed E-state index contributed by atoms with van der Waals surface area (Å²) < 4.78 is 0. The molecule has 1 nitrogen and oxygen atoms in total. The van der Waals surface area contributed by atoms with Crippen LogP contribution in [0.2, 0.25) is 0 Å². The Labute approximate surface area is 135 Å². The topological polar surface area (TPSA) is 12.0 Å². The molecule has 0 fully saturated rings. The Morgan fingerprint density at radius 1 is 0.909 bits per heavy atom. The van der Waals surface area contributed by atoms with Crippen molar-refractivity contribution < 1.29 is 0 Å². The summed E-state index contributed by atoms with van der Waals surface area (Å²) in [7, 11) is 0. The molecule has 2 aromatic carbocycles. The summed E-state index contributed by atoms with van der Waals surface area (Å²) in [5.41, 5.74) is 3.94. The Hall–Kier alpha value is -1.76. The second-order valence-electron chi connectivity index (χ2n) is 7.05. The molecule has 1 unspecified atom stereocenters. The third-order valence-corrected chi connectivity index (χ3v) is 4.37. The van der Waals surface area contributed by atoms with Crippen LogP contribution < -0.4 is 5.32 Å². The first kappa shape index (κ1) is 16.6. The quantitative estimate of drug-likeness (QED) is 0.612. The van der Waals surface area contributed by atoms with Crippen molar-refractivity contribution in [1.82, 2.24) is 0 Å². The SMILES string of the molecule is CCCC(C)CC(C)(C)c1ccc(Nc2ccccc2)cc1. The predicted molar refractivity (Wildman–Crippen MR) is 97.9 cm³/mol. The molecule has 0 heterocycles. The van der Waals surface area contributed by atoms with Gasteiger partial charge in [0.2, 0.25) is 0 Å². The Kier molecular flexibility index (Phi) is 5.65. The highest BCUT2D eigenvalue weighted by Gasteiger charge is 2.22. The third-order valence-electron chi connectivity index (χ3n) is 4.37. The third kappa shape index (κ3) is 4.62. The van der Waals surface area contributed by atoms with Crippen LogP contribution in [0.5, 0.6) is 0 Å². The summed E-state index contributed by atoms with van der Waals surface area (Å²) >= 11 is 0. The second-order valence-corrected chi connectivity index (χ2v) is 7.05. The van der Waals surface area contributed by atoms with Gasteiger partial charge >= 0.3 is 0 Å². The average Bonchev–Trinajstić information content (AvgIpc) is 2.48. The normalized spacial score (nSPS) is 12.9. The Balaban J connectivity index is 2.04. The zero-order valence-corrected chi connectivity index (χ0v) is 14.4. The summed E-state index contributed by atoms with van der Waals surface area (Å²) in [6, 6.07) is 19.2. The van der Waals surface area contributed by atoms with Gasteiger partial charge in [-0.1, -0.05) is 70.9 Å². The lowest BCUT2D eigenvalue weighted by atomic mass is 9.76. The number of nitrogens with one attached hydrogen (secondary N) is 1. The lowest BCUT2D eigenvalue weighted by Gasteiger charge is -2.29. The standard InChI is InChI=1S/C21H29N/c1-5-9-17(2)16-21(3,4)18-12-14-20(15-13-18)22-19-10-7-6-8-11-19/h6-8,10-15,17,22H,5,9,16H2,1-4H3. The van der Waals surface area contributed by atoms with Crippen molar-refractivity contribution in [3.8, 4) is 0 Å². The molecule has 22 heavy (non-hydrogen) atoms. The number of hydrogen-bond donors (Lipinski definition) is 1. The lowest BCUT2D eigenvalue weighted by molar-refractivity contribution is 0.361. The summed E-state index contributed by atoms with van der Waals surface area (Å²) in [5, 5.41) is 3.44. The summed E-state index contributed by atoms with van der Waals surface area (Å²) in [5.74, 6) is 0.780. The van der Waals surface area contributed by atoms with E-state index in [9.17, 15) is 0 Å². The minimum Gasteiger partial charge on any atom is -0.356 e. The first-order valence-corrected chi connectivity index (χ1v) is 8.44. The van der Waals surface area contributed by atoms with Gasteiger partial charge in [-0.3, -0.25) is 0 Å². The Bertz CT molecular complexity index is 554. The maximum Gasteiger partial charge on any atom is 0.0384 e. The van der Waals surface area contributed by atoms with E-state index in [2.05, 4.69) is 81.5 Å². The molecule has 0 bridgehead atoms. The number of anilines is 2. The van der Waals surface area contributed by atoms with Crippen LogP contribution in [-0.2, 0) is 5.41 Å².